The molecule has 5 nitrogen and oxygen atoms in total. The third-order valence-electron chi connectivity index (χ3n) is 5.10. The van der Waals surface area contributed by atoms with E-state index in [0.29, 0.717) is 13.0 Å². The molecule has 0 spiro atoms. The van der Waals surface area contributed by atoms with Crippen molar-refractivity contribution >= 4 is 5.97 Å². The van der Waals surface area contributed by atoms with Crippen molar-refractivity contribution in [3.05, 3.63) is 17.7 Å². The van der Waals surface area contributed by atoms with E-state index in [1.54, 1.807) is 0 Å². The Morgan fingerprint density at radius 1 is 1.48 bits per heavy atom. The van der Waals surface area contributed by atoms with Crippen LogP contribution in [0.3, 0.4) is 0 Å². The number of likely N-dealkylation sites (N-methyl/N-ethyl adjacent to an activating group) is 1. The van der Waals surface area contributed by atoms with Crippen molar-refractivity contribution in [3.8, 4) is 0 Å². The Bertz CT molecular complexity index is 522. The molecule has 1 aromatic rings. The summed E-state index contributed by atoms with van der Waals surface area (Å²) < 4.78 is 2.28. The van der Waals surface area contributed by atoms with Crippen LogP contribution in [0.15, 0.2) is 6.33 Å². The summed E-state index contributed by atoms with van der Waals surface area (Å²) in [6.07, 6.45) is 9.97. The van der Waals surface area contributed by atoms with Crippen LogP contribution in [0.4, 0.5) is 0 Å². The zero-order valence-corrected chi connectivity index (χ0v) is 12.8. The molecular formula is C16H25N3O2. The summed E-state index contributed by atoms with van der Waals surface area (Å²) in [5.41, 5.74) is 1.82. The van der Waals surface area contributed by atoms with E-state index in [1.807, 2.05) is 13.3 Å². The lowest BCUT2D eigenvalue weighted by atomic mass is 9.78. The van der Waals surface area contributed by atoms with Crippen LogP contribution < -0.4 is 5.32 Å². The lowest BCUT2D eigenvalue weighted by molar-refractivity contribution is -0.147. The number of aryl methyl sites for hydroxylation is 1. The van der Waals surface area contributed by atoms with E-state index >= 15 is 0 Å². The van der Waals surface area contributed by atoms with E-state index in [1.165, 1.54) is 24.2 Å². The Labute approximate surface area is 125 Å². The molecule has 1 heterocycles. The number of nitrogens with one attached hydrogen (secondary N) is 1. The fourth-order valence-electron chi connectivity index (χ4n) is 4.06. The lowest BCUT2D eigenvalue weighted by Crippen LogP contribution is -2.55. The first-order valence-electron chi connectivity index (χ1n) is 8.19. The number of hydrogen-bond donors (Lipinski definition) is 2. The molecule has 0 radical (unpaired) electrons. The third kappa shape index (κ3) is 2.59. The number of aliphatic carboxylic acids is 1. The van der Waals surface area contributed by atoms with Crippen molar-refractivity contribution in [2.45, 2.75) is 69.9 Å². The molecule has 2 atom stereocenters. The second-order valence-corrected chi connectivity index (χ2v) is 6.42. The summed E-state index contributed by atoms with van der Waals surface area (Å²) in [7, 11) is 0. The van der Waals surface area contributed by atoms with Gasteiger partial charge in [-0.1, -0.05) is 6.92 Å². The van der Waals surface area contributed by atoms with Gasteiger partial charge in [0.15, 0.2) is 0 Å². The molecule has 0 aliphatic heterocycles. The first kappa shape index (κ1) is 14.6. The van der Waals surface area contributed by atoms with Crippen LogP contribution in [0.5, 0.6) is 0 Å². The predicted molar refractivity (Wildman–Crippen MR) is 80.4 cm³/mol. The monoisotopic (exact) mass is 291 g/mol. The average Bonchev–Trinajstić information content (AvgIpc) is 2.91. The van der Waals surface area contributed by atoms with Gasteiger partial charge in [-0.2, -0.15) is 0 Å². The zero-order chi connectivity index (χ0) is 14.9. The van der Waals surface area contributed by atoms with E-state index in [0.717, 1.165) is 32.1 Å². The number of carboxylic acid groups (broad SMARTS) is 1. The molecule has 0 bridgehead atoms. The standard InChI is InChI=1S/C16H25N3O2/c1-2-18-16(15(20)21)9-5-6-12(10-16)19-11-17-13-7-3-4-8-14(13)19/h11-12,18H,2-10H2,1H3,(H,20,21). The highest BCUT2D eigenvalue weighted by Gasteiger charge is 2.43. The SMILES string of the molecule is CCNC1(C(=O)O)CCCC(n2cnc3c2CCCC3)C1. The summed E-state index contributed by atoms with van der Waals surface area (Å²) in [5, 5.41) is 12.9. The largest absolute Gasteiger partial charge is 0.480 e. The third-order valence-corrected chi connectivity index (χ3v) is 5.10. The molecule has 2 aliphatic carbocycles. The Kier molecular flexibility index (Phi) is 4.02. The van der Waals surface area contributed by atoms with Gasteiger partial charge in [0.1, 0.15) is 5.54 Å². The van der Waals surface area contributed by atoms with Crippen molar-refractivity contribution in [2.75, 3.05) is 6.54 Å². The molecule has 2 aliphatic rings. The first-order valence-corrected chi connectivity index (χ1v) is 8.19. The quantitative estimate of drug-likeness (QED) is 0.893. The van der Waals surface area contributed by atoms with Crippen molar-refractivity contribution in [2.24, 2.45) is 0 Å². The number of aromatic nitrogens is 2. The van der Waals surface area contributed by atoms with Gasteiger partial charge in [0, 0.05) is 11.7 Å². The van der Waals surface area contributed by atoms with Crippen molar-refractivity contribution in [1.29, 1.82) is 0 Å². The van der Waals surface area contributed by atoms with Crippen LogP contribution >= 0.6 is 0 Å². The van der Waals surface area contributed by atoms with Crippen LogP contribution in [0.1, 0.15) is 62.9 Å². The van der Waals surface area contributed by atoms with E-state index < -0.39 is 11.5 Å². The summed E-state index contributed by atoms with van der Waals surface area (Å²) >= 11 is 0. The van der Waals surface area contributed by atoms with Crippen LogP contribution in [0, 0.1) is 0 Å². The Balaban J connectivity index is 1.86. The van der Waals surface area contributed by atoms with Crippen molar-refractivity contribution in [1.82, 2.24) is 14.9 Å². The van der Waals surface area contributed by atoms with Gasteiger partial charge in [-0.05, 0) is 57.9 Å². The number of carbonyl (C=O) groups is 1. The molecule has 3 rings (SSSR count). The van der Waals surface area contributed by atoms with E-state index in [2.05, 4.69) is 14.9 Å². The number of nitrogens with zero attached hydrogens (tertiary/aromatic N) is 2. The second kappa shape index (κ2) is 5.79. The molecule has 0 amide bonds. The highest BCUT2D eigenvalue weighted by atomic mass is 16.4. The Morgan fingerprint density at radius 2 is 2.29 bits per heavy atom. The predicted octanol–water partition coefficient (Wildman–Crippen LogP) is 2.31. The fraction of sp³-hybridized carbons (Fsp3) is 0.750. The molecule has 1 saturated carbocycles. The highest BCUT2D eigenvalue weighted by Crippen LogP contribution is 2.37. The van der Waals surface area contributed by atoms with Crippen LogP contribution in [-0.4, -0.2) is 32.7 Å². The molecule has 1 fully saturated rings. The van der Waals surface area contributed by atoms with Crippen LogP contribution in [-0.2, 0) is 17.6 Å². The number of fused-ring (bicyclic) bond motifs is 1. The Morgan fingerprint density at radius 3 is 3.05 bits per heavy atom. The minimum atomic E-state index is -0.760. The highest BCUT2D eigenvalue weighted by molar-refractivity contribution is 5.79. The topological polar surface area (TPSA) is 67.2 Å². The molecule has 5 heteroatoms. The molecule has 116 valence electrons. The number of rotatable bonds is 4. The van der Waals surface area contributed by atoms with E-state index in [4.69, 9.17) is 0 Å². The van der Waals surface area contributed by atoms with Gasteiger partial charge in [0.2, 0.25) is 0 Å². The molecule has 2 N–H and O–H groups in total. The molecule has 0 saturated heterocycles. The summed E-state index contributed by atoms with van der Waals surface area (Å²) in [4.78, 5) is 16.3. The molecule has 21 heavy (non-hydrogen) atoms. The maximum Gasteiger partial charge on any atom is 0.323 e. The molecular weight excluding hydrogens is 266 g/mol. The van der Waals surface area contributed by atoms with Crippen molar-refractivity contribution < 1.29 is 9.90 Å². The maximum atomic E-state index is 11.8. The minimum absolute atomic E-state index is 0.267. The smallest absolute Gasteiger partial charge is 0.323 e. The lowest BCUT2D eigenvalue weighted by Gasteiger charge is -2.39. The van der Waals surface area contributed by atoms with Gasteiger partial charge in [-0.15, -0.1) is 0 Å². The fourth-order valence-corrected chi connectivity index (χ4v) is 4.06. The van der Waals surface area contributed by atoms with Gasteiger partial charge < -0.3 is 15.0 Å². The van der Waals surface area contributed by atoms with Gasteiger partial charge >= 0.3 is 5.97 Å². The number of carboxylic acids is 1. The number of imidazole rings is 1. The average molecular weight is 291 g/mol. The summed E-state index contributed by atoms with van der Waals surface area (Å²) in [6.45, 7) is 2.68. The number of hydrogen-bond acceptors (Lipinski definition) is 3. The van der Waals surface area contributed by atoms with Gasteiger partial charge in [0.25, 0.3) is 0 Å². The van der Waals surface area contributed by atoms with Gasteiger partial charge in [-0.3, -0.25) is 4.79 Å². The van der Waals surface area contributed by atoms with Gasteiger partial charge in [0.05, 0.1) is 12.0 Å². The van der Waals surface area contributed by atoms with E-state index in [-0.39, 0.29) is 6.04 Å². The molecule has 1 aromatic heterocycles. The summed E-state index contributed by atoms with van der Waals surface area (Å²) in [6, 6.07) is 0.267. The second-order valence-electron chi connectivity index (χ2n) is 6.42. The summed E-state index contributed by atoms with van der Waals surface area (Å²) in [5.74, 6) is -0.706. The maximum absolute atomic E-state index is 11.8. The molecule has 2 unspecified atom stereocenters. The normalized spacial score (nSPS) is 29.1. The minimum Gasteiger partial charge on any atom is -0.480 e. The molecule has 0 aromatic carbocycles. The van der Waals surface area contributed by atoms with Crippen LogP contribution in [0.25, 0.3) is 0 Å². The Hall–Kier alpha value is -1.36. The van der Waals surface area contributed by atoms with Crippen molar-refractivity contribution in [3.63, 3.8) is 0 Å². The van der Waals surface area contributed by atoms with Gasteiger partial charge in [-0.25, -0.2) is 4.98 Å². The van der Waals surface area contributed by atoms with Crippen LogP contribution in [0.2, 0.25) is 0 Å². The zero-order valence-electron chi connectivity index (χ0n) is 12.8. The first-order chi connectivity index (χ1) is 10.2. The van der Waals surface area contributed by atoms with E-state index in [9.17, 15) is 9.90 Å².